The lowest BCUT2D eigenvalue weighted by Gasteiger charge is -2.34. The van der Waals surface area contributed by atoms with Crippen LogP contribution in [-0.2, 0) is 23.8 Å². The van der Waals surface area contributed by atoms with Crippen molar-refractivity contribution in [1.82, 2.24) is 0 Å². The second kappa shape index (κ2) is 8.06. The van der Waals surface area contributed by atoms with Crippen LogP contribution in [0.4, 0.5) is 0 Å². The molecule has 28 heavy (non-hydrogen) atoms. The van der Waals surface area contributed by atoms with Crippen molar-refractivity contribution < 1.29 is 23.8 Å². The second-order valence-corrected chi connectivity index (χ2v) is 10.5. The SMILES string of the molecule is CC1CCC(C(=O)C2COC3C(C(=O)OC4CCC(C)(C)CC4)COC23)CC1. The Kier molecular flexibility index (Phi) is 5.85. The molecule has 0 radical (unpaired) electrons. The van der Waals surface area contributed by atoms with Crippen molar-refractivity contribution in [3.8, 4) is 0 Å². The molecule has 4 rings (SSSR count). The molecule has 2 heterocycles. The van der Waals surface area contributed by atoms with Crippen molar-refractivity contribution in [3.63, 3.8) is 0 Å². The van der Waals surface area contributed by atoms with Gasteiger partial charge >= 0.3 is 5.97 Å². The van der Waals surface area contributed by atoms with Crippen LogP contribution in [0.1, 0.15) is 72.1 Å². The van der Waals surface area contributed by atoms with E-state index in [9.17, 15) is 9.59 Å². The first-order chi connectivity index (χ1) is 13.3. The van der Waals surface area contributed by atoms with E-state index >= 15 is 0 Å². The van der Waals surface area contributed by atoms with Crippen molar-refractivity contribution in [2.24, 2.45) is 29.1 Å². The Morgan fingerprint density at radius 2 is 1.43 bits per heavy atom. The molecule has 0 N–H and O–H groups in total. The summed E-state index contributed by atoms with van der Waals surface area (Å²) < 4.78 is 17.7. The van der Waals surface area contributed by atoms with Crippen molar-refractivity contribution in [2.45, 2.75) is 90.4 Å². The lowest BCUT2D eigenvalue weighted by atomic mass is 9.76. The molecule has 5 nitrogen and oxygen atoms in total. The van der Waals surface area contributed by atoms with Gasteiger partial charge in [0, 0.05) is 5.92 Å². The zero-order chi connectivity index (χ0) is 19.9. The van der Waals surface area contributed by atoms with Crippen LogP contribution in [-0.4, -0.2) is 43.3 Å². The average Bonchev–Trinajstić information content (AvgIpc) is 3.25. The van der Waals surface area contributed by atoms with Gasteiger partial charge < -0.3 is 14.2 Å². The van der Waals surface area contributed by atoms with Crippen molar-refractivity contribution in [2.75, 3.05) is 13.2 Å². The first-order valence-corrected chi connectivity index (χ1v) is 11.3. The van der Waals surface area contributed by atoms with E-state index in [1.165, 1.54) is 0 Å². The highest BCUT2D eigenvalue weighted by Crippen LogP contribution is 2.41. The standard InChI is InChI=1S/C23H36O5/c1-14-4-6-15(7-5-14)19(24)17-12-26-21-18(13-27-20(17)21)22(25)28-16-8-10-23(2,3)11-9-16/h14-18,20-21H,4-13H2,1-3H3. The Bertz CT molecular complexity index is 582. The number of rotatable bonds is 4. The number of fused-ring (bicyclic) bond motifs is 1. The summed E-state index contributed by atoms with van der Waals surface area (Å²) in [5, 5.41) is 0. The van der Waals surface area contributed by atoms with Gasteiger partial charge in [-0.05, 0) is 49.9 Å². The molecule has 0 aromatic rings. The van der Waals surface area contributed by atoms with Gasteiger partial charge in [-0.3, -0.25) is 9.59 Å². The molecule has 5 heteroatoms. The molecule has 4 atom stereocenters. The Hall–Kier alpha value is -0.940. The number of esters is 1. The fourth-order valence-electron chi connectivity index (χ4n) is 5.53. The molecular formula is C23H36O5. The molecular weight excluding hydrogens is 356 g/mol. The van der Waals surface area contributed by atoms with Crippen molar-refractivity contribution >= 4 is 11.8 Å². The van der Waals surface area contributed by atoms with Crippen molar-refractivity contribution in [3.05, 3.63) is 0 Å². The summed E-state index contributed by atoms with van der Waals surface area (Å²) >= 11 is 0. The molecule has 2 saturated heterocycles. The number of Topliss-reactive ketones (excluding diaryl/α,β-unsaturated/α-hetero) is 1. The maximum atomic E-state index is 13.0. The summed E-state index contributed by atoms with van der Waals surface area (Å²) in [7, 11) is 0. The van der Waals surface area contributed by atoms with Gasteiger partial charge in [-0.15, -0.1) is 0 Å². The minimum absolute atomic E-state index is 0.0163. The van der Waals surface area contributed by atoms with Gasteiger partial charge in [0.25, 0.3) is 0 Å². The number of ether oxygens (including phenoxy) is 3. The third kappa shape index (κ3) is 4.16. The van der Waals surface area contributed by atoms with Gasteiger partial charge in [-0.2, -0.15) is 0 Å². The molecule has 4 unspecified atom stereocenters. The van der Waals surface area contributed by atoms with E-state index in [2.05, 4.69) is 20.8 Å². The van der Waals surface area contributed by atoms with Crippen molar-refractivity contribution in [1.29, 1.82) is 0 Å². The van der Waals surface area contributed by atoms with E-state index in [1.54, 1.807) is 0 Å². The van der Waals surface area contributed by atoms with Crippen LogP contribution in [0.5, 0.6) is 0 Å². The van der Waals surface area contributed by atoms with E-state index in [0.717, 1.165) is 57.3 Å². The van der Waals surface area contributed by atoms with E-state index < -0.39 is 0 Å². The smallest absolute Gasteiger partial charge is 0.314 e. The fraction of sp³-hybridized carbons (Fsp3) is 0.913. The molecule has 4 fully saturated rings. The minimum atomic E-state index is -0.385. The number of hydrogen-bond donors (Lipinski definition) is 0. The molecule has 0 aromatic heterocycles. The summed E-state index contributed by atoms with van der Waals surface area (Å²) in [5.41, 5.74) is 0.351. The normalized spacial score (nSPS) is 40.8. The highest BCUT2D eigenvalue weighted by Gasteiger charge is 2.54. The zero-order valence-corrected chi connectivity index (χ0v) is 17.7. The van der Waals surface area contributed by atoms with Crippen LogP contribution in [0, 0.1) is 29.1 Å². The Balaban J connectivity index is 1.31. The van der Waals surface area contributed by atoms with Gasteiger partial charge in [0.05, 0.1) is 25.2 Å². The van der Waals surface area contributed by atoms with Gasteiger partial charge in [-0.25, -0.2) is 0 Å². The Labute approximate surface area is 168 Å². The lowest BCUT2D eigenvalue weighted by molar-refractivity contribution is -0.159. The molecule has 0 aromatic carbocycles. The van der Waals surface area contributed by atoms with E-state index in [4.69, 9.17) is 14.2 Å². The fourth-order valence-corrected chi connectivity index (χ4v) is 5.53. The molecule has 4 aliphatic rings. The third-order valence-corrected chi connectivity index (χ3v) is 7.71. The molecule has 2 saturated carbocycles. The first-order valence-electron chi connectivity index (χ1n) is 11.3. The number of hydrogen-bond acceptors (Lipinski definition) is 5. The van der Waals surface area contributed by atoms with Crippen LogP contribution < -0.4 is 0 Å². The minimum Gasteiger partial charge on any atom is -0.462 e. The molecule has 2 aliphatic carbocycles. The Morgan fingerprint density at radius 3 is 2.07 bits per heavy atom. The van der Waals surface area contributed by atoms with Gasteiger partial charge in [0.2, 0.25) is 0 Å². The first kappa shape index (κ1) is 20.3. The highest BCUT2D eigenvalue weighted by atomic mass is 16.6. The van der Waals surface area contributed by atoms with Crippen LogP contribution in [0.2, 0.25) is 0 Å². The van der Waals surface area contributed by atoms with E-state index in [-0.39, 0.29) is 42.0 Å². The van der Waals surface area contributed by atoms with Gasteiger partial charge in [-0.1, -0.05) is 33.6 Å². The maximum Gasteiger partial charge on any atom is 0.314 e. The summed E-state index contributed by atoms with van der Waals surface area (Å²) in [6.07, 6.45) is 7.70. The second-order valence-electron chi connectivity index (χ2n) is 10.5. The molecule has 2 aliphatic heterocycles. The molecule has 0 spiro atoms. The topological polar surface area (TPSA) is 61.8 Å². The van der Waals surface area contributed by atoms with Crippen LogP contribution >= 0.6 is 0 Å². The van der Waals surface area contributed by atoms with Gasteiger partial charge in [0.15, 0.2) is 0 Å². The number of ketones is 1. The Morgan fingerprint density at radius 1 is 0.857 bits per heavy atom. The highest BCUT2D eigenvalue weighted by molar-refractivity contribution is 5.85. The predicted octanol–water partition coefficient (Wildman–Crippen LogP) is 3.92. The largest absolute Gasteiger partial charge is 0.462 e. The third-order valence-electron chi connectivity index (χ3n) is 7.71. The quantitative estimate of drug-likeness (QED) is 0.679. The van der Waals surface area contributed by atoms with E-state index in [1.807, 2.05) is 0 Å². The van der Waals surface area contributed by atoms with Crippen LogP contribution in [0.3, 0.4) is 0 Å². The predicted molar refractivity (Wildman–Crippen MR) is 105 cm³/mol. The molecule has 0 bridgehead atoms. The monoisotopic (exact) mass is 392 g/mol. The maximum absolute atomic E-state index is 13.0. The van der Waals surface area contributed by atoms with Crippen LogP contribution in [0.15, 0.2) is 0 Å². The summed E-state index contributed by atoms with van der Waals surface area (Å²) in [4.78, 5) is 25.8. The van der Waals surface area contributed by atoms with Gasteiger partial charge in [0.1, 0.15) is 23.9 Å². The molecule has 158 valence electrons. The summed E-state index contributed by atoms with van der Waals surface area (Å²) in [5.74, 6) is 0.369. The summed E-state index contributed by atoms with van der Waals surface area (Å²) in [6, 6.07) is 0. The van der Waals surface area contributed by atoms with E-state index in [0.29, 0.717) is 24.4 Å². The van der Waals surface area contributed by atoms with Crippen LogP contribution in [0.25, 0.3) is 0 Å². The lowest BCUT2D eigenvalue weighted by Crippen LogP contribution is -2.37. The summed E-state index contributed by atoms with van der Waals surface area (Å²) in [6.45, 7) is 7.52. The number of carbonyl (C=O) groups is 2. The molecule has 0 amide bonds. The zero-order valence-electron chi connectivity index (χ0n) is 17.7. The number of carbonyl (C=O) groups excluding carboxylic acids is 2. The average molecular weight is 393 g/mol.